The number of aryl methyl sites for hydroxylation is 1. The molecule has 25 heavy (non-hydrogen) atoms. The number of ether oxygens (including phenoxy) is 1. The second kappa shape index (κ2) is 6.60. The van der Waals surface area contributed by atoms with Crippen LogP contribution in [0.3, 0.4) is 0 Å². The first kappa shape index (κ1) is 16.4. The van der Waals surface area contributed by atoms with Crippen molar-refractivity contribution >= 4 is 28.2 Å². The van der Waals surface area contributed by atoms with Gasteiger partial charge in [0.15, 0.2) is 6.10 Å². The van der Waals surface area contributed by atoms with Gasteiger partial charge in [0.2, 0.25) is 5.82 Å². The van der Waals surface area contributed by atoms with Crippen LogP contribution in [0.4, 0.5) is 11.5 Å². The largest absolute Gasteiger partial charge is 0.480 e. The van der Waals surface area contributed by atoms with Gasteiger partial charge >= 0.3 is 5.69 Å². The fourth-order valence-corrected chi connectivity index (χ4v) is 2.47. The van der Waals surface area contributed by atoms with Crippen LogP contribution in [0.15, 0.2) is 48.7 Å². The maximum atomic E-state index is 12.4. The molecule has 1 aromatic heterocycles. The molecule has 0 saturated carbocycles. The summed E-state index contributed by atoms with van der Waals surface area (Å²) in [6.07, 6.45) is 0.242. The van der Waals surface area contributed by atoms with E-state index in [1.165, 1.54) is 11.7 Å². The standard InChI is InChI=1S/C17H16N4O4/c1-11(17(22)19-16-14(21(23)24)10-18-20(16)2)25-15-9-5-7-12-6-3-4-8-13(12)15/h3-11H,1-2H3,(H,19,22)/t11-/m0/s1. The lowest BCUT2D eigenvalue weighted by atomic mass is 10.1. The van der Waals surface area contributed by atoms with Crippen molar-refractivity contribution in [3.05, 3.63) is 58.8 Å². The van der Waals surface area contributed by atoms with E-state index >= 15 is 0 Å². The Morgan fingerprint density at radius 3 is 2.76 bits per heavy atom. The number of aromatic nitrogens is 2. The Balaban J connectivity index is 1.79. The number of nitrogens with one attached hydrogen (secondary N) is 1. The highest BCUT2D eigenvalue weighted by Crippen LogP contribution is 2.27. The first-order valence-electron chi connectivity index (χ1n) is 7.59. The van der Waals surface area contributed by atoms with Gasteiger partial charge in [0.05, 0.1) is 4.92 Å². The Bertz CT molecular complexity index is 945. The minimum atomic E-state index is -0.847. The summed E-state index contributed by atoms with van der Waals surface area (Å²) >= 11 is 0. The molecular formula is C17H16N4O4. The highest BCUT2D eigenvalue weighted by atomic mass is 16.6. The second-order valence-corrected chi connectivity index (χ2v) is 5.49. The van der Waals surface area contributed by atoms with Gasteiger partial charge in [0, 0.05) is 12.4 Å². The minimum Gasteiger partial charge on any atom is -0.480 e. The van der Waals surface area contributed by atoms with E-state index in [9.17, 15) is 14.9 Å². The molecular weight excluding hydrogens is 324 g/mol. The number of benzene rings is 2. The number of carbonyl (C=O) groups is 1. The van der Waals surface area contributed by atoms with E-state index in [-0.39, 0.29) is 11.5 Å². The molecule has 1 amide bonds. The van der Waals surface area contributed by atoms with Crippen molar-refractivity contribution in [3.63, 3.8) is 0 Å². The van der Waals surface area contributed by atoms with Gasteiger partial charge in [0.25, 0.3) is 5.91 Å². The number of anilines is 1. The van der Waals surface area contributed by atoms with Gasteiger partial charge in [0.1, 0.15) is 11.9 Å². The number of amides is 1. The zero-order chi connectivity index (χ0) is 18.0. The third kappa shape index (κ3) is 3.27. The van der Waals surface area contributed by atoms with Crippen LogP contribution in [0.2, 0.25) is 0 Å². The van der Waals surface area contributed by atoms with Gasteiger partial charge in [-0.05, 0) is 18.4 Å². The zero-order valence-corrected chi connectivity index (χ0v) is 13.7. The molecule has 1 N–H and O–H groups in total. The molecule has 8 heteroatoms. The summed E-state index contributed by atoms with van der Waals surface area (Å²) in [5, 5.41) is 19.2. The molecule has 128 valence electrons. The highest BCUT2D eigenvalue weighted by molar-refractivity contribution is 5.95. The summed E-state index contributed by atoms with van der Waals surface area (Å²) in [6, 6.07) is 13.2. The van der Waals surface area contributed by atoms with Gasteiger partial charge in [-0.25, -0.2) is 4.68 Å². The van der Waals surface area contributed by atoms with Crippen LogP contribution in [-0.2, 0) is 11.8 Å². The molecule has 0 unspecified atom stereocenters. The van der Waals surface area contributed by atoms with E-state index in [0.717, 1.165) is 17.0 Å². The fourth-order valence-electron chi connectivity index (χ4n) is 2.47. The number of hydrogen-bond acceptors (Lipinski definition) is 5. The van der Waals surface area contributed by atoms with Gasteiger partial charge in [-0.15, -0.1) is 0 Å². The molecule has 3 aromatic rings. The molecule has 0 fully saturated rings. The Labute approximate surface area is 143 Å². The van der Waals surface area contributed by atoms with E-state index < -0.39 is 16.9 Å². The summed E-state index contributed by atoms with van der Waals surface area (Å²) in [5.74, 6) is 0.0864. The third-order valence-electron chi connectivity index (χ3n) is 3.78. The van der Waals surface area contributed by atoms with Crippen molar-refractivity contribution in [2.75, 3.05) is 5.32 Å². The Kier molecular flexibility index (Phi) is 4.34. The number of nitro groups is 1. The van der Waals surface area contributed by atoms with Crippen LogP contribution in [-0.4, -0.2) is 26.7 Å². The molecule has 3 rings (SSSR count). The highest BCUT2D eigenvalue weighted by Gasteiger charge is 2.24. The van der Waals surface area contributed by atoms with Crippen molar-refractivity contribution in [3.8, 4) is 5.75 Å². The number of nitrogens with zero attached hydrogens (tertiary/aromatic N) is 3. The SMILES string of the molecule is C[C@H](Oc1cccc2ccccc12)C(=O)Nc1c([N+](=O)[O-])cnn1C. The van der Waals surface area contributed by atoms with Crippen molar-refractivity contribution in [2.45, 2.75) is 13.0 Å². The summed E-state index contributed by atoms with van der Waals surface area (Å²) in [7, 11) is 1.51. The molecule has 0 aliphatic rings. The normalized spacial score (nSPS) is 11.9. The average Bonchev–Trinajstić information content (AvgIpc) is 2.96. The average molecular weight is 340 g/mol. The predicted molar refractivity (Wildman–Crippen MR) is 92.5 cm³/mol. The van der Waals surface area contributed by atoms with Crippen LogP contribution in [0.1, 0.15) is 6.92 Å². The zero-order valence-electron chi connectivity index (χ0n) is 13.7. The summed E-state index contributed by atoms with van der Waals surface area (Å²) in [4.78, 5) is 22.8. The summed E-state index contributed by atoms with van der Waals surface area (Å²) in [5.41, 5.74) is -0.270. The lowest BCUT2D eigenvalue weighted by molar-refractivity contribution is -0.384. The van der Waals surface area contributed by atoms with Crippen molar-refractivity contribution in [2.24, 2.45) is 7.05 Å². The summed E-state index contributed by atoms with van der Waals surface area (Å²) in [6.45, 7) is 1.58. The lowest BCUT2D eigenvalue weighted by Gasteiger charge is -2.16. The van der Waals surface area contributed by atoms with Gasteiger partial charge in [-0.1, -0.05) is 36.4 Å². The van der Waals surface area contributed by atoms with Crippen molar-refractivity contribution in [1.82, 2.24) is 9.78 Å². The first-order valence-corrected chi connectivity index (χ1v) is 7.59. The third-order valence-corrected chi connectivity index (χ3v) is 3.78. The van der Waals surface area contributed by atoms with Crippen LogP contribution >= 0.6 is 0 Å². The Morgan fingerprint density at radius 1 is 1.28 bits per heavy atom. The van der Waals surface area contributed by atoms with E-state index in [2.05, 4.69) is 10.4 Å². The van der Waals surface area contributed by atoms with E-state index in [0.29, 0.717) is 5.75 Å². The lowest BCUT2D eigenvalue weighted by Crippen LogP contribution is -2.31. The minimum absolute atomic E-state index is 0.0170. The topological polar surface area (TPSA) is 99.3 Å². The van der Waals surface area contributed by atoms with Crippen molar-refractivity contribution in [1.29, 1.82) is 0 Å². The maximum absolute atomic E-state index is 12.4. The molecule has 0 saturated heterocycles. The quantitative estimate of drug-likeness (QED) is 0.569. The maximum Gasteiger partial charge on any atom is 0.331 e. The van der Waals surface area contributed by atoms with E-state index in [4.69, 9.17) is 4.74 Å². The predicted octanol–water partition coefficient (Wildman–Crippen LogP) is 2.89. The van der Waals surface area contributed by atoms with Gasteiger partial charge < -0.3 is 10.1 Å². The van der Waals surface area contributed by atoms with Crippen LogP contribution in [0, 0.1) is 10.1 Å². The van der Waals surface area contributed by atoms with Crippen LogP contribution < -0.4 is 10.1 Å². The number of carbonyl (C=O) groups excluding carboxylic acids is 1. The summed E-state index contributed by atoms with van der Waals surface area (Å²) < 4.78 is 7.00. The van der Waals surface area contributed by atoms with Gasteiger partial charge in [-0.3, -0.25) is 14.9 Å². The number of hydrogen-bond donors (Lipinski definition) is 1. The molecule has 1 heterocycles. The molecule has 8 nitrogen and oxygen atoms in total. The second-order valence-electron chi connectivity index (χ2n) is 5.49. The molecule has 0 bridgehead atoms. The van der Waals surface area contributed by atoms with E-state index in [1.807, 2.05) is 36.4 Å². The Hall–Kier alpha value is -3.42. The number of fused-ring (bicyclic) bond motifs is 1. The monoisotopic (exact) mass is 340 g/mol. The van der Waals surface area contributed by atoms with E-state index in [1.54, 1.807) is 13.0 Å². The Morgan fingerprint density at radius 2 is 2.00 bits per heavy atom. The first-order chi connectivity index (χ1) is 12.0. The van der Waals surface area contributed by atoms with Gasteiger partial charge in [-0.2, -0.15) is 5.10 Å². The number of rotatable bonds is 5. The molecule has 0 aliphatic heterocycles. The molecule has 0 aliphatic carbocycles. The fraction of sp³-hybridized carbons (Fsp3) is 0.176. The van der Waals surface area contributed by atoms with Crippen LogP contribution in [0.25, 0.3) is 10.8 Å². The molecule has 0 spiro atoms. The molecule has 1 atom stereocenters. The van der Waals surface area contributed by atoms with Crippen LogP contribution in [0.5, 0.6) is 5.75 Å². The van der Waals surface area contributed by atoms with Crippen molar-refractivity contribution < 1.29 is 14.5 Å². The molecule has 2 aromatic carbocycles. The smallest absolute Gasteiger partial charge is 0.331 e. The molecule has 0 radical (unpaired) electrons.